The van der Waals surface area contributed by atoms with Crippen molar-refractivity contribution in [3.63, 3.8) is 0 Å². The number of aromatic hydroxyl groups is 1. The third-order valence-corrected chi connectivity index (χ3v) is 10.2. The fraction of sp³-hybridized carbons (Fsp3) is 0.553. The van der Waals surface area contributed by atoms with Gasteiger partial charge in [-0.25, -0.2) is 0 Å². The minimum absolute atomic E-state index is 0.00355. The molecule has 20 nitrogen and oxygen atoms in total. The van der Waals surface area contributed by atoms with E-state index in [-0.39, 0.29) is 34.6 Å². The standard InChI is InChI=1S/C38H48O20/c1-13(2)5-10-17-19(53-36-29(48)25(44)23(42)20(12-39)54-36)11-18(40)21-24(43)33(31(55-32(17)21)15-6-8-16(51-4)9-7-15)56-38-34(27(46)22(41)14(3)52-38)57-37-30(49)26(45)28(47)35(50)58-37/h5-9,11,14,20,22-23,25-30,34-42,44-50H,10,12H2,1-4H3/t14-,20+,22-,23+,25-,26+,27+,28+,29+,30+,34+,35+,36+,37+,38-/m0/s1. The van der Waals surface area contributed by atoms with Gasteiger partial charge < -0.3 is 93.7 Å². The predicted molar refractivity (Wildman–Crippen MR) is 194 cm³/mol. The Balaban J connectivity index is 1.50. The maximum absolute atomic E-state index is 14.7. The molecule has 3 aromatic rings. The molecule has 58 heavy (non-hydrogen) atoms. The van der Waals surface area contributed by atoms with Crippen LogP contribution in [0.1, 0.15) is 26.3 Å². The highest BCUT2D eigenvalue weighted by molar-refractivity contribution is 5.91. The van der Waals surface area contributed by atoms with Crippen LogP contribution >= 0.6 is 0 Å². The van der Waals surface area contributed by atoms with Gasteiger partial charge in [0.2, 0.25) is 23.8 Å². The lowest BCUT2D eigenvalue weighted by Gasteiger charge is -2.44. The molecule has 4 heterocycles. The second-order valence-electron chi connectivity index (χ2n) is 14.5. The van der Waals surface area contributed by atoms with Crippen LogP contribution in [0.4, 0.5) is 0 Å². The lowest BCUT2D eigenvalue weighted by atomic mass is 9.98. The Bertz CT molecular complexity index is 1980. The first-order valence-electron chi connectivity index (χ1n) is 18.3. The summed E-state index contributed by atoms with van der Waals surface area (Å²) in [6, 6.07) is 7.14. The molecule has 1 aromatic heterocycles. The molecule has 0 unspecified atom stereocenters. The number of methoxy groups -OCH3 is 1. The molecule has 3 aliphatic rings. The lowest BCUT2D eigenvalue weighted by molar-refractivity contribution is -0.377. The van der Waals surface area contributed by atoms with E-state index in [1.165, 1.54) is 26.2 Å². The second-order valence-corrected chi connectivity index (χ2v) is 14.5. The first-order chi connectivity index (χ1) is 27.5. The topological polar surface area (TPSA) is 317 Å². The van der Waals surface area contributed by atoms with Crippen LogP contribution in [0.15, 0.2) is 51.2 Å². The number of phenols is 1. The van der Waals surface area contributed by atoms with Crippen LogP contribution in [-0.2, 0) is 25.4 Å². The average Bonchev–Trinajstić information content (AvgIpc) is 3.20. The quantitative estimate of drug-likeness (QED) is 0.0919. The van der Waals surface area contributed by atoms with Crippen LogP contribution in [0.2, 0.25) is 0 Å². The minimum atomic E-state index is -2.04. The zero-order valence-electron chi connectivity index (χ0n) is 31.6. The van der Waals surface area contributed by atoms with E-state index < -0.39 is 121 Å². The average molecular weight is 825 g/mol. The second kappa shape index (κ2) is 17.7. The molecule has 0 amide bonds. The van der Waals surface area contributed by atoms with E-state index in [0.717, 1.165) is 11.6 Å². The Hall–Kier alpha value is -3.97. The number of aliphatic hydroxyl groups is 10. The van der Waals surface area contributed by atoms with Crippen LogP contribution in [0, 0.1) is 0 Å². The summed E-state index contributed by atoms with van der Waals surface area (Å²) in [5, 5.41) is 115. The lowest BCUT2D eigenvalue weighted by Crippen LogP contribution is -2.64. The maximum Gasteiger partial charge on any atom is 0.239 e. The summed E-state index contributed by atoms with van der Waals surface area (Å²) >= 11 is 0. The van der Waals surface area contributed by atoms with Gasteiger partial charge >= 0.3 is 0 Å². The number of benzene rings is 2. The number of allylic oxidation sites excluding steroid dienone is 2. The number of hydrogen-bond acceptors (Lipinski definition) is 20. The molecule has 6 rings (SSSR count). The van der Waals surface area contributed by atoms with Crippen molar-refractivity contribution in [2.75, 3.05) is 13.7 Å². The van der Waals surface area contributed by atoms with E-state index in [9.17, 15) is 61.0 Å². The van der Waals surface area contributed by atoms with Gasteiger partial charge in [0.05, 0.1) is 19.8 Å². The summed E-state index contributed by atoms with van der Waals surface area (Å²) in [4.78, 5) is 14.7. The highest BCUT2D eigenvalue weighted by atomic mass is 16.8. The smallest absolute Gasteiger partial charge is 0.239 e. The highest BCUT2D eigenvalue weighted by Gasteiger charge is 2.51. The molecular weight excluding hydrogens is 776 g/mol. The fourth-order valence-electron chi connectivity index (χ4n) is 6.75. The number of ether oxygens (including phenoxy) is 7. The van der Waals surface area contributed by atoms with Crippen molar-refractivity contribution in [3.05, 3.63) is 57.8 Å². The van der Waals surface area contributed by atoms with Crippen molar-refractivity contribution in [2.45, 2.75) is 119 Å². The summed E-state index contributed by atoms with van der Waals surface area (Å²) in [5.41, 5.74) is -0.0809. The van der Waals surface area contributed by atoms with Crippen molar-refractivity contribution < 1.29 is 93.7 Å². The number of aliphatic hydroxyl groups excluding tert-OH is 10. The summed E-state index contributed by atoms with van der Waals surface area (Å²) < 4.78 is 46.0. The molecule has 320 valence electrons. The zero-order valence-corrected chi connectivity index (χ0v) is 31.6. The largest absolute Gasteiger partial charge is 0.507 e. The van der Waals surface area contributed by atoms with Gasteiger partial charge in [-0.3, -0.25) is 4.79 Å². The summed E-state index contributed by atoms with van der Waals surface area (Å²) in [6.07, 6.45) is -24.8. The molecule has 2 aromatic carbocycles. The van der Waals surface area contributed by atoms with Crippen molar-refractivity contribution in [1.29, 1.82) is 0 Å². The van der Waals surface area contributed by atoms with Gasteiger partial charge in [-0.1, -0.05) is 11.6 Å². The van der Waals surface area contributed by atoms with E-state index in [1.807, 2.05) is 0 Å². The molecule has 3 saturated heterocycles. The van der Waals surface area contributed by atoms with Crippen molar-refractivity contribution >= 4 is 11.0 Å². The Morgan fingerprint density at radius 3 is 2.07 bits per heavy atom. The summed E-state index contributed by atoms with van der Waals surface area (Å²) in [5.74, 6) is -1.38. The zero-order chi connectivity index (χ0) is 42.3. The third-order valence-electron chi connectivity index (χ3n) is 10.2. The molecule has 0 spiro atoms. The van der Waals surface area contributed by atoms with Gasteiger partial charge in [0.1, 0.15) is 83.2 Å². The Morgan fingerprint density at radius 1 is 0.776 bits per heavy atom. The number of fused-ring (bicyclic) bond motifs is 1. The molecule has 20 heteroatoms. The predicted octanol–water partition coefficient (Wildman–Crippen LogP) is -2.15. The number of phenolic OH excluding ortho intramolecular Hbond substituents is 1. The van der Waals surface area contributed by atoms with Crippen LogP contribution in [0.25, 0.3) is 22.3 Å². The molecule has 11 N–H and O–H groups in total. The van der Waals surface area contributed by atoms with Gasteiger partial charge in [0, 0.05) is 17.2 Å². The van der Waals surface area contributed by atoms with Crippen molar-refractivity contribution in [3.8, 4) is 34.3 Å². The highest BCUT2D eigenvalue weighted by Crippen LogP contribution is 2.42. The fourth-order valence-corrected chi connectivity index (χ4v) is 6.75. The van der Waals surface area contributed by atoms with E-state index in [1.54, 1.807) is 32.1 Å². The van der Waals surface area contributed by atoms with Gasteiger partial charge in [-0.15, -0.1) is 0 Å². The molecule has 0 bridgehead atoms. The van der Waals surface area contributed by atoms with Crippen LogP contribution < -0.4 is 19.6 Å². The van der Waals surface area contributed by atoms with Gasteiger partial charge in [0.15, 0.2) is 24.4 Å². The minimum Gasteiger partial charge on any atom is -0.507 e. The Labute approximate surface area is 329 Å². The molecule has 15 atom stereocenters. The first kappa shape index (κ1) is 43.6. The Kier molecular flexibility index (Phi) is 13.3. The normalized spacial score (nSPS) is 35.4. The van der Waals surface area contributed by atoms with E-state index in [0.29, 0.717) is 5.75 Å². The van der Waals surface area contributed by atoms with Crippen molar-refractivity contribution in [2.24, 2.45) is 0 Å². The van der Waals surface area contributed by atoms with Crippen LogP contribution in [-0.4, -0.2) is 162 Å². The Morgan fingerprint density at radius 2 is 1.43 bits per heavy atom. The number of rotatable bonds is 11. The summed E-state index contributed by atoms with van der Waals surface area (Å²) in [7, 11) is 1.43. The van der Waals surface area contributed by atoms with E-state index in [2.05, 4.69) is 0 Å². The maximum atomic E-state index is 14.7. The van der Waals surface area contributed by atoms with Crippen molar-refractivity contribution in [1.82, 2.24) is 0 Å². The molecular formula is C38H48O20. The summed E-state index contributed by atoms with van der Waals surface area (Å²) in [6.45, 7) is 4.22. The molecule has 0 saturated carbocycles. The van der Waals surface area contributed by atoms with Crippen LogP contribution in [0.5, 0.6) is 23.0 Å². The van der Waals surface area contributed by atoms with Crippen LogP contribution in [0.3, 0.4) is 0 Å². The third kappa shape index (κ3) is 8.40. The van der Waals surface area contributed by atoms with Gasteiger partial charge in [-0.2, -0.15) is 0 Å². The van der Waals surface area contributed by atoms with E-state index in [4.69, 9.17) is 37.6 Å². The number of hydrogen-bond donors (Lipinski definition) is 11. The SMILES string of the molecule is COc1ccc(-c2oc3c(CC=C(C)C)c(O[C@@H]4O[C@H](CO)[C@@H](O)[C@H](O)[C@H]4O)cc(O)c3c(=O)c2O[C@@H]2O[C@@H](C)[C@H](O)[C@@H](O)[C@H]2O[C@@H]2O[C@@H](O)[C@H](O)[C@@H](O)[C@H]2O)cc1. The monoisotopic (exact) mass is 824 g/mol. The first-order valence-corrected chi connectivity index (χ1v) is 18.3. The van der Waals surface area contributed by atoms with Gasteiger partial charge in [0.25, 0.3) is 0 Å². The molecule has 3 fully saturated rings. The molecule has 3 aliphatic heterocycles. The molecule has 0 aliphatic carbocycles. The van der Waals surface area contributed by atoms with Gasteiger partial charge in [-0.05, 0) is 51.5 Å². The molecule has 0 radical (unpaired) electrons. The van der Waals surface area contributed by atoms with E-state index >= 15 is 0 Å².